The molecule has 2 aromatic carbocycles. The van der Waals surface area contributed by atoms with Crippen LogP contribution >= 0.6 is 23.1 Å². The second-order valence-corrected chi connectivity index (χ2v) is 8.79. The molecule has 2 unspecified atom stereocenters. The van der Waals surface area contributed by atoms with Crippen LogP contribution in [0.15, 0.2) is 54.6 Å². The molecule has 1 aromatic heterocycles. The molecule has 1 fully saturated rings. The van der Waals surface area contributed by atoms with E-state index in [4.69, 9.17) is 21.3 Å². The summed E-state index contributed by atoms with van der Waals surface area (Å²) in [5, 5.41) is 0.230. The molecule has 1 saturated heterocycles. The van der Waals surface area contributed by atoms with Crippen LogP contribution in [0, 0.1) is 0 Å². The molecule has 0 bridgehead atoms. The normalized spacial score (nSPS) is 17.5. The second kappa shape index (κ2) is 9.66. The lowest BCUT2D eigenvalue weighted by Gasteiger charge is -2.40. The van der Waals surface area contributed by atoms with E-state index in [1.807, 2.05) is 59.5 Å². The molecule has 0 saturated carbocycles. The predicted octanol–water partition coefficient (Wildman–Crippen LogP) is 4.15. The lowest BCUT2D eigenvalue weighted by atomic mass is 10.1. The van der Waals surface area contributed by atoms with E-state index in [1.54, 1.807) is 7.11 Å². The molecule has 1 aliphatic heterocycles. The molecule has 8 heteroatoms. The predicted molar refractivity (Wildman–Crippen MR) is 124 cm³/mol. The summed E-state index contributed by atoms with van der Waals surface area (Å²) < 4.78 is 9.83. The molecule has 0 N–H and O–H groups in total. The van der Waals surface area contributed by atoms with E-state index in [2.05, 4.69) is 16.2 Å². The van der Waals surface area contributed by atoms with Crippen molar-refractivity contribution in [3.63, 3.8) is 0 Å². The summed E-state index contributed by atoms with van der Waals surface area (Å²) in [5.74, 6) is 1.58. The topological polar surface area (TPSA) is 58.6 Å². The van der Waals surface area contributed by atoms with Gasteiger partial charge in [-0.1, -0.05) is 42.5 Å². The van der Waals surface area contributed by atoms with Gasteiger partial charge in [0, 0.05) is 43.6 Å². The third kappa shape index (κ3) is 4.99. The van der Waals surface area contributed by atoms with E-state index in [0.717, 1.165) is 27.8 Å². The van der Waals surface area contributed by atoms with Gasteiger partial charge in [-0.2, -0.15) is 4.37 Å². The average molecular weight is 457 g/mol. The number of methoxy groups -OCH3 is 1. The zero-order chi connectivity index (χ0) is 21.8. The first-order chi connectivity index (χ1) is 15.0. The summed E-state index contributed by atoms with van der Waals surface area (Å²) in [4.78, 5) is 21.8. The van der Waals surface area contributed by atoms with Crippen LogP contribution in [0.5, 0.6) is 5.75 Å². The molecule has 162 valence electrons. The number of alkyl halides is 1. The van der Waals surface area contributed by atoms with Gasteiger partial charge in [0.1, 0.15) is 17.0 Å². The molecule has 2 atom stereocenters. The molecule has 6 nitrogen and oxygen atoms in total. The van der Waals surface area contributed by atoms with Crippen LogP contribution < -0.4 is 9.64 Å². The first kappa shape index (κ1) is 21.6. The Bertz CT molecular complexity index is 1030. The maximum atomic E-state index is 13.0. The number of carbonyl (C=O) groups is 1. The highest BCUT2D eigenvalue weighted by Crippen LogP contribution is 2.27. The molecule has 0 radical (unpaired) electrons. The minimum atomic E-state index is -0.661. The highest BCUT2D eigenvalue weighted by molar-refractivity contribution is 7.09. The Morgan fingerprint density at radius 3 is 2.77 bits per heavy atom. The molecule has 2 heterocycles. The maximum absolute atomic E-state index is 13.0. The second-order valence-electron chi connectivity index (χ2n) is 7.62. The van der Waals surface area contributed by atoms with E-state index < -0.39 is 5.38 Å². The number of anilines is 1. The van der Waals surface area contributed by atoms with Crippen LogP contribution in [0.1, 0.15) is 29.3 Å². The Morgan fingerprint density at radius 1 is 1.23 bits per heavy atom. The van der Waals surface area contributed by atoms with Crippen molar-refractivity contribution in [3.8, 4) is 5.75 Å². The standard InChI is InChI=1S/C23H25ClN4O2S/c1-16-15-27(11-12-28(16)22(29)21(24)18-8-4-3-5-9-18)23-25-20(26-31-23)14-17-7-6-10-19(13-17)30-2/h3-10,13,16,21H,11-12,14-15H2,1-2H3. The smallest absolute Gasteiger partial charge is 0.245 e. The quantitative estimate of drug-likeness (QED) is 0.521. The van der Waals surface area contributed by atoms with E-state index in [1.165, 1.54) is 11.5 Å². The first-order valence-corrected chi connectivity index (χ1v) is 11.5. The molecule has 4 rings (SSSR count). The zero-order valence-corrected chi connectivity index (χ0v) is 19.1. The molecule has 3 aromatic rings. The summed E-state index contributed by atoms with van der Waals surface area (Å²) in [6.45, 7) is 4.08. The van der Waals surface area contributed by atoms with Gasteiger partial charge in [0.15, 0.2) is 0 Å². The number of hydrogen-bond acceptors (Lipinski definition) is 6. The number of amides is 1. The minimum Gasteiger partial charge on any atom is -0.497 e. The summed E-state index contributed by atoms with van der Waals surface area (Å²) in [7, 11) is 1.66. The van der Waals surface area contributed by atoms with Gasteiger partial charge in [0.05, 0.1) is 7.11 Å². The van der Waals surface area contributed by atoms with E-state index in [9.17, 15) is 4.79 Å². The van der Waals surface area contributed by atoms with E-state index in [0.29, 0.717) is 26.1 Å². The zero-order valence-electron chi connectivity index (χ0n) is 17.6. The lowest BCUT2D eigenvalue weighted by Crippen LogP contribution is -2.54. The number of nitrogens with zero attached hydrogens (tertiary/aromatic N) is 4. The van der Waals surface area contributed by atoms with Crippen LogP contribution in [0.25, 0.3) is 0 Å². The molecular formula is C23H25ClN4O2S. The molecule has 1 amide bonds. The van der Waals surface area contributed by atoms with Crippen molar-refractivity contribution in [3.05, 3.63) is 71.5 Å². The SMILES string of the molecule is COc1cccc(Cc2nsc(N3CCN(C(=O)C(Cl)c4ccccc4)C(C)C3)n2)c1. The van der Waals surface area contributed by atoms with Gasteiger partial charge in [-0.3, -0.25) is 4.79 Å². The van der Waals surface area contributed by atoms with E-state index >= 15 is 0 Å². The number of ether oxygens (including phenoxy) is 1. The fraction of sp³-hybridized carbons (Fsp3) is 0.348. The Balaban J connectivity index is 1.38. The van der Waals surface area contributed by atoms with Gasteiger partial charge in [-0.05, 0) is 30.2 Å². The Labute approximate surface area is 191 Å². The number of rotatable bonds is 6. The third-order valence-corrected chi connectivity index (χ3v) is 6.70. The fourth-order valence-electron chi connectivity index (χ4n) is 3.78. The molecule has 0 spiro atoms. The van der Waals surface area contributed by atoms with Crippen LogP contribution in [0.3, 0.4) is 0 Å². The number of hydrogen-bond donors (Lipinski definition) is 0. The van der Waals surface area contributed by atoms with Gasteiger partial charge in [-0.15, -0.1) is 11.6 Å². The van der Waals surface area contributed by atoms with Crippen molar-refractivity contribution < 1.29 is 9.53 Å². The van der Waals surface area contributed by atoms with Gasteiger partial charge < -0.3 is 14.5 Å². The Kier molecular flexibility index (Phi) is 6.73. The van der Waals surface area contributed by atoms with Crippen molar-refractivity contribution in [2.75, 3.05) is 31.6 Å². The summed E-state index contributed by atoms with van der Waals surface area (Å²) in [5.41, 5.74) is 1.94. The van der Waals surface area contributed by atoms with Crippen LogP contribution in [0.4, 0.5) is 5.13 Å². The molecular weight excluding hydrogens is 432 g/mol. The van der Waals surface area contributed by atoms with Gasteiger partial charge in [0.2, 0.25) is 11.0 Å². The molecule has 1 aliphatic rings. The van der Waals surface area contributed by atoms with Gasteiger partial charge in [0.25, 0.3) is 0 Å². The minimum absolute atomic E-state index is 0.0388. The fourth-order valence-corrected chi connectivity index (χ4v) is 4.77. The van der Waals surface area contributed by atoms with Crippen molar-refractivity contribution in [2.24, 2.45) is 0 Å². The third-order valence-electron chi connectivity index (χ3n) is 5.44. The largest absolute Gasteiger partial charge is 0.497 e. The molecule has 0 aliphatic carbocycles. The summed E-state index contributed by atoms with van der Waals surface area (Å²) in [6.07, 6.45) is 0.659. The van der Waals surface area contributed by atoms with Crippen LogP contribution in [0.2, 0.25) is 0 Å². The highest BCUT2D eigenvalue weighted by Gasteiger charge is 2.32. The Morgan fingerprint density at radius 2 is 2.03 bits per heavy atom. The average Bonchev–Trinajstić information content (AvgIpc) is 3.27. The number of carbonyl (C=O) groups excluding carboxylic acids is 1. The van der Waals surface area contributed by atoms with Crippen molar-refractivity contribution in [1.29, 1.82) is 0 Å². The van der Waals surface area contributed by atoms with Crippen molar-refractivity contribution >= 4 is 34.2 Å². The Hall–Kier alpha value is -2.64. The lowest BCUT2D eigenvalue weighted by molar-refractivity contribution is -0.133. The maximum Gasteiger partial charge on any atom is 0.245 e. The number of piperazine rings is 1. The number of aromatic nitrogens is 2. The number of benzene rings is 2. The first-order valence-electron chi connectivity index (χ1n) is 10.2. The van der Waals surface area contributed by atoms with Crippen LogP contribution in [-0.4, -0.2) is 53.0 Å². The summed E-state index contributed by atoms with van der Waals surface area (Å²) >= 11 is 7.88. The van der Waals surface area contributed by atoms with Crippen molar-refractivity contribution in [1.82, 2.24) is 14.3 Å². The summed E-state index contributed by atoms with van der Waals surface area (Å²) in [6, 6.07) is 17.5. The van der Waals surface area contributed by atoms with Crippen LogP contribution in [-0.2, 0) is 11.2 Å². The van der Waals surface area contributed by atoms with Gasteiger partial charge >= 0.3 is 0 Å². The molecule has 31 heavy (non-hydrogen) atoms. The van der Waals surface area contributed by atoms with E-state index in [-0.39, 0.29) is 11.9 Å². The highest BCUT2D eigenvalue weighted by atomic mass is 35.5. The monoisotopic (exact) mass is 456 g/mol. The van der Waals surface area contributed by atoms with Gasteiger partial charge in [-0.25, -0.2) is 4.98 Å². The van der Waals surface area contributed by atoms with Crippen molar-refractivity contribution in [2.45, 2.75) is 24.8 Å². The number of halogens is 1.